The van der Waals surface area contributed by atoms with E-state index in [1.54, 1.807) is 0 Å². The molecule has 0 aromatic heterocycles. The van der Waals surface area contributed by atoms with Crippen molar-refractivity contribution in [3.8, 4) is 0 Å². The second-order valence-corrected chi connectivity index (χ2v) is 4.31. The SMILES string of the molecule is COC(=O)NC1CCN(CC(C(=O)O)C(F)(F)F)C1. The van der Waals surface area contributed by atoms with Gasteiger partial charge in [0.25, 0.3) is 0 Å². The largest absolute Gasteiger partial charge is 0.481 e. The number of halogens is 3. The van der Waals surface area contributed by atoms with Crippen molar-refractivity contribution >= 4 is 12.1 Å². The fourth-order valence-corrected chi connectivity index (χ4v) is 1.92. The monoisotopic (exact) mass is 284 g/mol. The van der Waals surface area contributed by atoms with Crippen molar-refractivity contribution in [1.29, 1.82) is 0 Å². The number of alkyl halides is 3. The van der Waals surface area contributed by atoms with Gasteiger partial charge in [-0.2, -0.15) is 13.2 Å². The average molecular weight is 284 g/mol. The smallest absolute Gasteiger partial charge is 0.407 e. The van der Waals surface area contributed by atoms with Crippen molar-refractivity contribution < 1.29 is 32.6 Å². The Bertz CT molecular complexity index is 348. The van der Waals surface area contributed by atoms with E-state index in [0.717, 1.165) is 0 Å². The highest BCUT2D eigenvalue weighted by Gasteiger charge is 2.46. The second kappa shape index (κ2) is 6.09. The maximum atomic E-state index is 12.5. The lowest BCUT2D eigenvalue weighted by molar-refractivity contribution is -0.196. The van der Waals surface area contributed by atoms with Gasteiger partial charge in [0.2, 0.25) is 0 Å². The van der Waals surface area contributed by atoms with Gasteiger partial charge in [-0.15, -0.1) is 0 Å². The number of likely N-dealkylation sites (tertiary alicyclic amines) is 1. The van der Waals surface area contributed by atoms with Crippen molar-refractivity contribution in [3.05, 3.63) is 0 Å². The van der Waals surface area contributed by atoms with E-state index in [0.29, 0.717) is 13.0 Å². The number of nitrogens with zero attached hydrogens (tertiary/aromatic N) is 1. The summed E-state index contributed by atoms with van der Waals surface area (Å²) in [5.74, 6) is -4.30. The highest BCUT2D eigenvalue weighted by molar-refractivity contribution is 5.71. The van der Waals surface area contributed by atoms with Gasteiger partial charge in [-0.1, -0.05) is 0 Å². The van der Waals surface area contributed by atoms with Crippen LogP contribution in [0.2, 0.25) is 0 Å². The van der Waals surface area contributed by atoms with Crippen LogP contribution in [0.4, 0.5) is 18.0 Å². The summed E-state index contributed by atoms with van der Waals surface area (Å²) in [7, 11) is 1.19. The molecule has 0 radical (unpaired) electrons. The summed E-state index contributed by atoms with van der Waals surface area (Å²) in [5.41, 5.74) is 0. The lowest BCUT2D eigenvalue weighted by atomic mass is 10.1. The maximum Gasteiger partial charge on any atom is 0.407 e. The highest BCUT2D eigenvalue weighted by Crippen LogP contribution is 2.28. The first-order chi connectivity index (χ1) is 8.74. The molecule has 2 N–H and O–H groups in total. The standard InChI is InChI=1S/C10H15F3N2O4/c1-19-9(18)14-6-2-3-15(4-6)5-7(8(16)17)10(11,12)13/h6-7H,2-5H2,1H3,(H,14,18)(H,16,17). The molecule has 0 aromatic rings. The third-order valence-corrected chi connectivity index (χ3v) is 2.91. The van der Waals surface area contributed by atoms with Crippen molar-refractivity contribution in [2.24, 2.45) is 5.92 Å². The summed E-state index contributed by atoms with van der Waals surface area (Å²) in [4.78, 5) is 22.9. The molecule has 0 bridgehead atoms. The van der Waals surface area contributed by atoms with Gasteiger partial charge in [-0.25, -0.2) is 4.79 Å². The Morgan fingerprint density at radius 1 is 1.53 bits per heavy atom. The normalized spacial score (nSPS) is 22.0. The third kappa shape index (κ3) is 4.58. The number of hydrogen-bond donors (Lipinski definition) is 2. The molecule has 2 atom stereocenters. The second-order valence-electron chi connectivity index (χ2n) is 4.31. The summed E-state index contributed by atoms with van der Waals surface area (Å²) in [6.45, 7) is -0.137. The summed E-state index contributed by atoms with van der Waals surface area (Å²) in [5, 5.41) is 11.1. The number of methoxy groups -OCH3 is 1. The molecule has 0 aromatic carbocycles. The van der Waals surface area contributed by atoms with Crippen molar-refractivity contribution in [3.63, 3.8) is 0 Å². The van der Waals surface area contributed by atoms with Crippen molar-refractivity contribution in [2.45, 2.75) is 18.6 Å². The fourth-order valence-electron chi connectivity index (χ4n) is 1.92. The van der Waals surface area contributed by atoms with Crippen LogP contribution >= 0.6 is 0 Å². The number of nitrogens with one attached hydrogen (secondary N) is 1. The van der Waals surface area contributed by atoms with E-state index in [-0.39, 0.29) is 12.6 Å². The van der Waals surface area contributed by atoms with E-state index < -0.39 is 30.7 Å². The number of aliphatic carboxylic acids is 1. The first-order valence-electron chi connectivity index (χ1n) is 5.60. The number of hydrogen-bond acceptors (Lipinski definition) is 4. The van der Waals surface area contributed by atoms with Crippen LogP contribution in [0.25, 0.3) is 0 Å². The van der Waals surface area contributed by atoms with Crippen LogP contribution in [-0.4, -0.2) is 61.0 Å². The molecule has 0 aliphatic carbocycles. The molecule has 1 aliphatic rings. The van der Waals surface area contributed by atoms with Crippen LogP contribution in [-0.2, 0) is 9.53 Å². The topological polar surface area (TPSA) is 78.9 Å². The van der Waals surface area contributed by atoms with Gasteiger partial charge >= 0.3 is 18.2 Å². The van der Waals surface area contributed by atoms with Crippen molar-refractivity contribution in [1.82, 2.24) is 10.2 Å². The van der Waals surface area contributed by atoms with Gasteiger partial charge in [0.1, 0.15) is 0 Å². The number of carboxylic acids is 1. The first-order valence-corrected chi connectivity index (χ1v) is 5.60. The van der Waals surface area contributed by atoms with Gasteiger partial charge < -0.3 is 20.1 Å². The zero-order chi connectivity index (χ0) is 14.6. The number of alkyl carbamates (subject to hydrolysis) is 1. The molecule has 19 heavy (non-hydrogen) atoms. The van der Waals surface area contributed by atoms with Gasteiger partial charge in [-0.05, 0) is 6.42 Å². The highest BCUT2D eigenvalue weighted by atomic mass is 19.4. The molecule has 6 nitrogen and oxygen atoms in total. The van der Waals surface area contributed by atoms with E-state index in [1.807, 2.05) is 0 Å². The summed E-state index contributed by atoms with van der Waals surface area (Å²) in [6.07, 6.45) is -4.98. The Kier molecular flexibility index (Phi) is 4.98. The van der Waals surface area contributed by atoms with Crippen LogP contribution in [0, 0.1) is 5.92 Å². The van der Waals surface area contributed by atoms with Crippen LogP contribution in [0.15, 0.2) is 0 Å². The minimum atomic E-state index is -4.78. The van der Waals surface area contributed by atoms with Crippen LogP contribution in [0.1, 0.15) is 6.42 Å². The average Bonchev–Trinajstić information content (AvgIpc) is 2.71. The zero-order valence-electron chi connectivity index (χ0n) is 10.2. The van der Waals surface area contributed by atoms with E-state index in [4.69, 9.17) is 5.11 Å². The third-order valence-electron chi connectivity index (χ3n) is 2.91. The molecule has 1 amide bonds. The maximum absolute atomic E-state index is 12.5. The summed E-state index contributed by atoms with van der Waals surface area (Å²) < 4.78 is 41.8. The Morgan fingerprint density at radius 3 is 2.63 bits per heavy atom. The molecule has 0 spiro atoms. The van der Waals surface area contributed by atoms with Gasteiger partial charge in [0.05, 0.1) is 7.11 Å². The van der Waals surface area contributed by atoms with Gasteiger partial charge in [0, 0.05) is 25.7 Å². The number of carbonyl (C=O) groups excluding carboxylic acids is 1. The minimum absolute atomic E-state index is 0.176. The molecule has 1 aliphatic heterocycles. The van der Waals surface area contributed by atoms with E-state index in [2.05, 4.69) is 10.1 Å². The number of carbonyl (C=O) groups is 2. The fraction of sp³-hybridized carbons (Fsp3) is 0.800. The molecular weight excluding hydrogens is 269 g/mol. The quantitative estimate of drug-likeness (QED) is 0.793. The molecule has 2 unspecified atom stereocenters. The van der Waals surface area contributed by atoms with E-state index in [1.165, 1.54) is 12.0 Å². The van der Waals surface area contributed by atoms with E-state index in [9.17, 15) is 22.8 Å². The number of ether oxygens (including phenoxy) is 1. The predicted molar refractivity (Wildman–Crippen MR) is 57.6 cm³/mol. The number of carboxylic acid groups (broad SMARTS) is 1. The molecule has 0 saturated carbocycles. The Hall–Kier alpha value is -1.51. The van der Waals surface area contributed by atoms with Gasteiger partial charge in [-0.3, -0.25) is 4.79 Å². The zero-order valence-corrected chi connectivity index (χ0v) is 10.2. The van der Waals surface area contributed by atoms with Crippen molar-refractivity contribution in [2.75, 3.05) is 26.7 Å². The number of rotatable bonds is 4. The molecule has 1 saturated heterocycles. The van der Waals surface area contributed by atoms with Crippen LogP contribution in [0.5, 0.6) is 0 Å². The molecular formula is C10H15F3N2O4. The summed E-state index contributed by atoms with van der Waals surface area (Å²) in [6, 6.07) is -0.324. The molecule has 1 heterocycles. The Balaban J connectivity index is 2.50. The predicted octanol–water partition coefficient (Wildman–Crippen LogP) is 0.680. The number of amides is 1. The first kappa shape index (κ1) is 15.5. The Labute approximate surface area is 107 Å². The Morgan fingerprint density at radius 2 is 2.16 bits per heavy atom. The van der Waals surface area contributed by atoms with E-state index >= 15 is 0 Å². The lowest BCUT2D eigenvalue weighted by Gasteiger charge is -2.22. The van der Waals surface area contributed by atoms with Gasteiger partial charge in [0.15, 0.2) is 5.92 Å². The minimum Gasteiger partial charge on any atom is -0.481 e. The molecule has 110 valence electrons. The molecule has 9 heteroatoms. The van der Waals surface area contributed by atoms with Crippen LogP contribution in [0.3, 0.4) is 0 Å². The lowest BCUT2D eigenvalue weighted by Crippen LogP contribution is -2.42. The molecule has 1 fully saturated rings. The van der Waals surface area contributed by atoms with Crippen LogP contribution < -0.4 is 5.32 Å². The summed E-state index contributed by atoms with van der Waals surface area (Å²) >= 11 is 0. The molecule has 1 rings (SSSR count).